The zero-order valence-electron chi connectivity index (χ0n) is 6.89. The van der Waals surface area contributed by atoms with Crippen LogP contribution in [0.5, 0.6) is 0 Å². The molecule has 0 bridgehead atoms. The molecule has 0 aliphatic rings. The first kappa shape index (κ1) is 14.1. The van der Waals surface area contributed by atoms with Gasteiger partial charge in [0.25, 0.3) is 10.1 Å². The third-order valence-electron chi connectivity index (χ3n) is 1.32. The Balaban J connectivity index is 0.00000196. The topological polar surface area (TPSA) is 67.3 Å². The molecule has 1 rings (SSSR count). The second kappa shape index (κ2) is 4.33. The lowest BCUT2D eigenvalue weighted by atomic mass is 10.3. The number of alkyl halides is 3. The minimum absolute atomic E-state index is 0. The molecule has 4 nitrogen and oxygen atoms in total. The highest BCUT2D eigenvalue weighted by Gasteiger charge is 2.32. The predicted molar refractivity (Wildman–Crippen MR) is 46.3 cm³/mol. The fourth-order valence-corrected chi connectivity index (χ4v) is 1.13. The molecule has 1 N–H and O–H groups in total. The molecule has 0 atom stereocenters. The van der Waals surface area contributed by atoms with Crippen LogP contribution in [-0.4, -0.2) is 18.0 Å². The number of aromatic nitrogens is 1. The van der Waals surface area contributed by atoms with Crippen LogP contribution in [-0.2, 0) is 16.3 Å². The largest absolute Gasteiger partial charge is 0.433 e. The first-order valence-corrected chi connectivity index (χ1v) is 4.66. The summed E-state index contributed by atoms with van der Waals surface area (Å²) >= 11 is 0. The number of hydrogen-bond donors (Lipinski definition) is 1. The van der Waals surface area contributed by atoms with Crippen LogP contribution >= 0.6 is 12.4 Å². The molecular formula is C6H5ClF3NO3S. The van der Waals surface area contributed by atoms with E-state index in [9.17, 15) is 21.6 Å². The fourth-order valence-electron chi connectivity index (χ4n) is 0.701. The van der Waals surface area contributed by atoms with Crippen LogP contribution in [0.4, 0.5) is 13.2 Å². The van der Waals surface area contributed by atoms with E-state index in [4.69, 9.17) is 4.55 Å². The lowest BCUT2D eigenvalue weighted by Gasteiger charge is -2.04. The van der Waals surface area contributed by atoms with E-state index < -0.39 is 26.9 Å². The van der Waals surface area contributed by atoms with Crippen LogP contribution in [0.15, 0.2) is 23.2 Å². The van der Waals surface area contributed by atoms with E-state index >= 15 is 0 Å². The molecule has 0 aromatic carbocycles. The molecule has 0 saturated heterocycles. The number of nitrogens with zero attached hydrogens (tertiary/aromatic N) is 1. The molecule has 86 valence electrons. The highest BCUT2D eigenvalue weighted by atomic mass is 35.5. The number of rotatable bonds is 1. The van der Waals surface area contributed by atoms with E-state index in [2.05, 4.69) is 4.98 Å². The van der Waals surface area contributed by atoms with Gasteiger partial charge in [-0.2, -0.15) is 21.6 Å². The summed E-state index contributed by atoms with van der Waals surface area (Å²) in [6.07, 6.45) is -4.18. The van der Waals surface area contributed by atoms with Crippen LogP contribution < -0.4 is 0 Å². The van der Waals surface area contributed by atoms with Gasteiger partial charge in [0.15, 0.2) is 0 Å². The van der Waals surface area contributed by atoms with Crippen LogP contribution in [0.3, 0.4) is 0 Å². The van der Waals surface area contributed by atoms with Gasteiger partial charge in [-0.1, -0.05) is 0 Å². The molecule has 1 aromatic heterocycles. The van der Waals surface area contributed by atoms with E-state index in [1.54, 1.807) is 0 Å². The van der Waals surface area contributed by atoms with Crippen molar-refractivity contribution in [2.45, 2.75) is 11.1 Å². The smallest absolute Gasteiger partial charge is 0.282 e. The van der Waals surface area contributed by atoms with Gasteiger partial charge in [0, 0.05) is 6.20 Å². The van der Waals surface area contributed by atoms with Crippen molar-refractivity contribution in [2.75, 3.05) is 0 Å². The summed E-state index contributed by atoms with van der Waals surface area (Å²) in [6, 6.07) is 1.11. The highest BCUT2D eigenvalue weighted by molar-refractivity contribution is 7.85. The van der Waals surface area contributed by atoms with Gasteiger partial charge in [0.05, 0.1) is 0 Å². The average Bonchev–Trinajstić information content (AvgIpc) is 2.01. The van der Waals surface area contributed by atoms with Gasteiger partial charge >= 0.3 is 6.18 Å². The van der Waals surface area contributed by atoms with Crippen molar-refractivity contribution in [3.8, 4) is 0 Å². The molecule has 15 heavy (non-hydrogen) atoms. The van der Waals surface area contributed by atoms with Crippen molar-refractivity contribution < 1.29 is 26.1 Å². The number of hydrogen-bond acceptors (Lipinski definition) is 3. The van der Waals surface area contributed by atoms with Crippen molar-refractivity contribution in [3.05, 3.63) is 24.0 Å². The molecule has 0 aliphatic carbocycles. The summed E-state index contributed by atoms with van der Waals surface area (Å²) in [5, 5.41) is 0. The van der Waals surface area contributed by atoms with Crippen LogP contribution in [0.1, 0.15) is 5.69 Å². The first-order valence-electron chi connectivity index (χ1n) is 3.22. The Morgan fingerprint density at radius 1 is 1.27 bits per heavy atom. The average molecular weight is 264 g/mol. The third-order valence-corrected chi connectivity index (χ3v) is 2.16. The summed E-state index contributed by atoms with van der Waals surface area (Å²) in [7, 11) is -4.49. The van der Waals surface area contributed by atoms with Gasteiger partial charge in [0.1, 0.15) is 10.6 Å². The molecule has 1 heterocycles. The second-order valence-electron chi connectivity index (χ2n) is 2.35. The molecule has 0 spiro atoms. The zero-order valence-corrected chi connectivity index (χ0v) is 8.53. The summed E-state index contributed by atoms with van der Waals surface area (Å²) in [5.41, 5.74) is -1.22. The minimum atomic E-state index is -4.63. The summed E-state index contributed by atoms with van der Waals surface area (Å²) in [4.78, 5) is 2.18. The maximum absolute atomic E-state index is 11.9. The van der Waals surface area contributed by atoms with Crippen molar-refractivity contribution in [1.82, 2.24) is 4.98 Å². The maximum Gasteiger partial charge on any atom is 0.433 e. The van der Waals surface area contributed by atoms with E-state index in [-0.39, 0.29) is 12.4 Å². The summed E-state index contributed by atoms with van der Waals surface area (Å²) in [5.74, 6) is 0. The maximum atomic E-state index is 11.9. The Morgan fingerprint density at radius 3 is 2.07 bits per heavy atom. The van der Waals surface area contributed by atoms with Crippen LogP contribution in [0.2, 0.25) is 0 Å². The first-order chi connectivity index (χ1) is 6.21. The molecule has 0 fully saturated rings. The summed E-state index contributed by atoms with van der Waals surface area (Å²) in [6.45, 7) is 0. The van der Waals surface area contributed by atoms with Crippen molar-refractivity contribution in [3.63, 3.8) is 0 Å². The van der Waals surface area contributed by atoms with Gasteiger partial charge < -0.3 is 0 Å². The van der Waals surface area contributed by atoms with Crippen LogP contribution in [0.25, 0.3) is 0 Å². The standard InChI is InChI=1S/C6H4F3NO3S.ClH/c7-6(8,9)5-2-1-4(3-10-5)14(11,12)13;/h1-3H,(H,11,12,13);1H. The predicted octanol–water partition coefficient (Wildman–Crippen LogP) is 1.77. The van der Waals surface area contributed by atoms with Gasteiger partial charge in [-0.15, -0.1) is 12.4 Å². The molecule has 0 saturated carbocycles. The van der Waals surface area contributed by atoms with Crippen molar-refractivity contribution >= 4 is 22.5 Å². The van der Waals surface area contributed by atoms with E-state index in [1.165, 1.54) is 0 Å². The fraction of sp³-hybridized carbons (Fsp3) is 0.167. The van der Waals surface area contributed by atoms with Crippen molar-refractivity contribution in [2.24, 2.45) is 0 Å². The van der Waals surface area contributed by atoms with Crippen LogP contribution in [0, 0.1) is 0 Å². The molecule has 0 amide bonds. The van der Waals surface area contributed by atoms with Gasteiger partial charge in [-0.3, -0.25) is 9.54 Å². The SMILES string of the molecule is Cl.O=S(=O)(O)c1ccc(C(F)(F)F)nc1. The minimum Gasteiger partial charge on any atom is -0.282 e. The Hall–Kier alpha value is -0.860. The lowest BCUT2D eigenvalue weighted by Crippen LogP contribution is -2.08. The second-order valence-corrected chi connectivity index (χ2v) is 3.77. The number of halogens is 4. The van der Waals surface area contributed by atoms with E-state index in [1.807, 2.05) is 0 Å². The Morgan fingerprint density at radius 2 is 1.80 bits per heavy atom. The highest BCUT2D eigenvalue weighted by Crippen LogP contribution is 2.27. The quantitative estimate of drug-likeness (QED) is 0.784. The Bertz CT molecular complexity index is 428. The van der Waals surface area contributed by atoms with E-state index in [0.29, 0.717) is 18.3 Å². The molecule has 0 aliphatic heterocycles. The third kappa shape index (κ3) is 3.65. The Kier molecular flexibility index (Phi) is 4.08. The Labute approximate surface area is 89.3 Å². The van der Waals surface area contributed by atoms with E-state index in [0.717, 1.165) is 0 Å². The van der Waals surface area contributed by atoms with Gasteiger partial charge in [-0.05, 0) is 12.1 Å². The normalized spacial score (nSPS) is 12.0. The molecule has 0 unspecified atom stereocenters. The lowest BCUT2D eigenvalue weighted by molar-refractivity contribution is -0.141. The summed E-state index contributed by atoms with van der Waals surface area (Å²) < 4.78 is 65.1. The monoisotopic (exact) mass is 263 g/mol. The molecule has 0 radical (unpaired) electrons. The number of pyridine rings is 1. The van der Waals surface area contributed by atoms with Gasteiger partial charge in [0.2, 0.25) is 0 Å². The molecule has 9 heteroatoms. The molecule has 1 aromatic rings. The van der Waals surface area contributed by atoms with Gasteiger partial charge in [-0.25, -0.2) is 0 Å². The van der Waals surface area contributed by atoms with Crippen molar-refractivity contribution in [1.29, 1.82) is 0 Å². The molecular weight excluding hydrogens is 259 g/mol. The zero-order chi connectivity index (χ0) is 11.0.